The average Bonchev–Trinajstić information content (AvgIpc) is 3.28. The highest BCUT2D eigenvalue weighted by molar-refractivity contribution is 6.16. The van der Waals surface area contributed by atoms with Gasteiger partial charge < -0.3 is 19.9 Å². The van der Waals surface area contributed by atoms with Crippen LogP contribution in [-0.2, 0) is 39.8 Å². The molecule has 196 valence electrons. The Morgan fingerprint density at radius 3 is 2.62 bits per heavy atom. The van der Waals surface area contributed by atoms with Crippen LogP contribution in [0.3, 0.4) is 0 Å². The summed E-state index contributed by atoms with van der Waals surface area (Å²) < 4.78 is 17.7. The van der Waals surface area contributed by atoms with Gasteiger partial charge in [0, 0.05) is 5.92 Å². The molecule has 3 saturated carbocycles. The Hall–Kier alpha value is -3.00. The van der Waals surface area contributed by atoms with Crippen LogP contribution in [0.15, 0.2) is 42.5 Å². The predicted octanol–water partition coefficient (Wildman–Crippen LogP) is 2.52. The molecule has 2 bridgehead atoms. The molecule has 8 atom stereocenters. The SMILES string of the molecule is C=C1C(=O)[C@@]23C(=O)O[C@H]4CCC(C)(C)[C@H]5C(=O)OC[C@@]45[C@@H]2CC[C@@H]1[C@H]3OC(=O)[C@H](N)Cc1ccccc1. The summed E-state index contributed by atoms with van der Waals surface area (Å²) in [6, 6.07) is 8.38. The first-order valence-corrected chi connectivity index (χ1v) is 13.2. The molecule has 5 aliphatic rings. The van der Waals surface area contributed by atoms with Gasteiger partial charge in [-0.1, -0.05) is 50.8 Å². The summed E-state index contributed by atoms with van der Waals surface area (Å²) in [4.78, 5) is 54.2. The van der Waals surface area contributed by atoms with Gasteiger partial charge in [0.2, 0.25) is 0 Å². The highest BCUT2D eigenvalue weighted by Crippen LogP contribution is 2.71. The molecule has 2 aliphatic heterocycles. The highest BCUT2D eigenvalue weighted by Gasteiger charge is 2.81. The molecular weight excluding hydrogens is 474 g/mol. The van der Waals surface area contributed by atoms with Crippen LogP contribution in [0.1, 0.15) is 45.1 Å². The molecule has 6 rings (SSSR count). The maximum atomic E-state index is 14.0. The minimum atomic E-state index is -1.74. The van der Waals surface area contributed by atoms with E-state index in [1.807, 2.05) is 44.2 Å². The fraction of sp³-hybridized carbons (Fsp3) is 0.586. The topological polar surface area (TPSA) is 122 Å². The average molecular weight is 508 g/mol. The summed E-state index contributed by atoms with van der Waals surface area (Å²) in [6.45, 7) is 8.18. The van der Waals surface area contributed by atoms with Gasteiger partial charge in [0.05, 0.1) is 11.3 Å². The zero-order chi connectivity index (χ0) is 26.3. The van der Waals surface area contributed by atoms with Crippen molar-refractivity contribution in [2.75, 3.05) is 6.61 Å². The van der Waals surface area contributed by atoms with Crippen molar-refractivity contribution in [1.29, 1.82) is 0 Å². The lowest BCUT2D eigenvalue weighted by Gasteiger charge is -2.61. The molecule has 0 amide bonds. The molecule has 1 aromatic carbocycles. The van der Waals surface area contributed by atoms with Crippen LogP contribution in [0.4, 0.5) is 0 Å². The van der Waals surface area contributed by atoms with Gasteiger partial charge >= 0.3 is 17.9 Å². The van der Waals surface area contributed by atoms with Crippen molar-refractivity contribution < 1.29 is 33.4 Å². The zero-order valence-electron chi connectivity index (χ0n) is 21.2. The van der Waals surface area contributed by atoms with E-state index in [-0.39, 0.29) is 24.6 Å². The van der Waals surface area contributed by atoms with Crippen LogP contribution in [0.2, 0.25) is 0 Å². The van der Waals surface area contributed by atoms with Gasteiger partial charge in [-0.2, -0.15) is 0 Å². The third kappa shape index (κ3) is 3.05. The lowest BCUT2D eigenvalue weighted by atomic mass is 9.43. The van der Waals surface area contributed by atoms with Gasteiger partial charge in [0.25, 0.3) is 0 Å². The molecule has 2 saturated heterocycles. The molecule has 0 radical (unpaired) electrons. The van der Waals surface area contributed by atoms with E-state index < -0.39 is 70.0 Å². The highest BCUT2D eigenvalue weighted by atomic mass is 16.6. The van der Waals surface area contributed by atoms with E-state index in [0.29, 0.717) is 25.7 Å². The van der Waals surface area contributed by atoms with Crippen molar-refractivity contribution in [3.8, 4) is 0 Å². The maximum Gasteiger partial charge on any atom is 0.324 e. The van der Waals surface area contributed by atoms with Crippen LogP contribution in [0.5, 0.6) is 0 Å². The van der Waals surface area contributed by atoms with Crippen LogP contribution in [0.25, 0.3) is 0 Å². The normalized spacial score (nSPS) is 40.1. The van der Waals surface area contributed by atoms with Gasteiger partial charge in [-0.25, -0.2) is 0 Å². The van der Waals surface area contributed by atoms with Crippen molar-refractivity contribution in [2.45, 2.75) is 64.2 Å². The Balaban J connectivity index is 1.40. The number of benzene rings is 1. The largest absolute Gasteiger partial charge is 0.465 e. The number of ketones is 1. The Kier molecular flexibility index (Phi) is 5.26. The first-order chi connectivity index (χ1) is 17.5. The number of hydrogen-bond acceptors (Lipinski definition) is 8. The molecule has 0 unspecified atom stereocenters. The molecule has 5 fully saturated rings. The van der Waals surface area contributed by atoms with Crippen LogP contribution < -0.4 is 5.73 Å². The maximum absolute atomic E-state index is 14.0. The van der Waals surface area contributed by atoms with E-state index in [4.69, 9.17) is 19.9 Å². The van der Waals surface area contributed by atoms with E-state index in [9.17, 15) is 19.2 Å². The number of hydrogen-bond donors (Lipinski definition) is 1. The smallest absolute Gasteiger partial charge is 0.324 e. The number of nitrogens with two attached hydrogens (primary N) is 1. The van der Waals surface area contributed by atoms with Gasteiger partial charge in [0.15, 0.2) is 11.2 Å². The third-order valence-electron chi connectivity index (χ3n) is 9.99. The van der Waals surface area contributed by atoms with Crippen LogP contribution in [0, 0.1) is 34.0 Å². The summed E-state index contributed by atoms with van der Waals surface area (Å²) in [5.41, 5.74) is 4.40. The van der Waals surface area contributed by atoms with E-state index in [2.05, 4.69) is 6.58 Å². The summed E-state index contributed by atoms with van der Waals surface area (Å²) in [6.07, 6.45) is 0.989. The lowest BCUT2D eigenvalue weighted by molar-refractivity contribution is -0.247. The minimum Gasteiger partial charge on any atom is -0.465 e. The van der Waals surface area contributed by atoms with Crippen molar-refractivity contribution in [1.82, 2.24) is 0 Å². The van der Waals surface area contributed by atoms with E-state index in [1.165, 1.54) is 0 Å². The Bertz CT molecular complexity index is 1210. The molecule has 2 spiro atoms. The fourth-order valence-corrected chi connectivity index (χ4v) is 8.45. The van der Waals surface area contributed by atoms with Gasteiger partial charge in [-0.05, 0) is 54.6 Å². The number of fused-ring (bicyclic) bond motifs is 1. The van der Waals surface area contributed by atoms with Crippen molar-refractivity contribution in [3.63, 3.8) is 0 Å². The van der Waals surface area contributed by atoms with Gasteiger partial charge in [-0.15, -0.1) is 0 Å². The second-order valence-electron chi connectivity index (χ2n) is 12.2. The van der Waals surface area contributed by atoms with E-state index >= 15 is 0 Å². The summed E-state index contributed by atoms with van der Waals surface area (Å²) >= 11 is 0. The Labute approximate surface area is 215 Å². The zero-order valence-corrected chi connectivity index (χ0v) is 21.2. The van der Waals surface area contributed by atoms with Crippen LogP contribution >= 0.6 is 0 Å². The molecule has 3 aliphatic carbocycles. The fourth-order valence-electron chi connectivity index (χ4n) is 8.45. The number of carbonyl (C=O) groups is 4. The van der Waals surface area contributed by atoms with Crippen molar-refractivity contribution in [2.24, 2.45) is 39.7 Å². The first-order valence-electron chi connectivity index (χ1n) is 13.2. The van der Waals surface area contributed by atoms with Crippen LogP contribution in [-0.4, -0.2) is 48.5 Å². The molecule has 8 heteroatoms. The molecule has 0 aromatic heterocycles. The molecular formula is C29H33NO7. The standard InChI is InChI=1S/C29H33NO7/c1-15-17-9-10-19-28-14-35-25(33)21(28)27(2,3)12-11-20(28)36-26(34)29(19,22(15)31)23(17)37-24(32)18(30)13-16-7-5-4-6-8-16/h4-8,17-21,23H,1,9-14,30H2,2-3H3/t17-,18+,19-,20-,21+,23+,28+,29-/m0/s1. The van der Waals surface area contributed by atoms with Gasteiger partial charge in [-0.3, -0.25) is 19.2 Å². The number of esters is 3. The van der Waals surface area contributed by atoms with Crippen molar-refractivity contribution in [3.05, 3.63) is 48.0 Å². The Morgan fingerprint density at radius 2 is 1.89 bits per heavy atom. The predicted molar refractivity (Wildman–Crippen MR) is 131 cm³/mol. The minimum absolute atomic E-state index is 0.0862. The van der Waals surface area contributed by atoms with E-state index in [1.54, 1.807) is 0 Å². The first kappa shape index (κ1) is 24.3. The number of rotatable bonds is 4. The monoisotopic (exact) mass is 507 g/mol. The lowest BCUT2D eigenvalue weighted by Crippen LogP contribution is -2.71. The summed E-state index contributed by atoms with van der Waals surface area (Å²) in [5, 5.41) is 0. The molecule has 1 aromatic rings. The Morgan fingerprint density at radius 1 is 1.16 bits per heavy atom. The number of Topliss-reactive ketones (excluding diaryl/α,β-unsaturated/α-hetero) is 1. The summed E-state index contributed by atoms with van der Waals surface area (Å²) in [5.74, 6) is -3.68. The molecule has 8 nitrogen and oxygen atoms in total. The number of ether oxygens (including phenoxy) is 3. The number of cyclic esters (lactones) is 1. The van der Waals surface area contributed by atoms with E-state index in [0.717, 1.165) is 5.56 Å². The number of carbonyl (C=O) groups excluding carboxylic acids is 4. The van der Waals surface area contributed by atoms with Gasteiger partial charge in [0.1, 0.15) is 24.9 Å². The van der Waals surface area contributed by atoms with Crippen molar-refractivity contribution >= 4 is 23.7 Å². The third-order valence-corrected chi connectivity index (χ3v) is 9.99. The molecule has 2 N–H and O–H groups in total. The summed E-state index contributed by atoms with van der Waals surface area (Å²) in [7, 11) is 0. The second-order valence-corrected chi connectivity index (χ2v) is 12.2. The molecule has 2 heterocycles. The molecule has 37 heavy (non-hydrogen) atoms. The second kappa shape index (κ2) is 8.00. The quantitative estimate of drug-likeness (QED) is 0.286.